The lowest BCUT2D eigenvalue weighted by atomic mass is 9.99. The maximum absolute atomic E-state index is 12.5. The number of aryl methyl sites for hydroxylation is 1. The summed E-state index contributed by atoms with van der Waals surface area (Å²) in [5.74, 6) is -0.302. The monoisotopic (exact) mass is 348 g/mol. The molecule has 120 valence electrons. The van der Waals surface area contributed by atoms with Gasteiger partial charge in [0.25, 0.3) is 5.91 Å². The number of carbonyl (C=O) groups excluding carboxylic acids is 1. The highest BCUT2D eigenvalue weighted by Crippen LogP contribution is 2.30. The third-order valence-electron chi connectivity index (χ3n) is 4.00. The van der Waals surface area contributed by atoms with Crippen molar-refractivity contribution in [1.29, 1.82) is 0 Å². The minimum Gasteiger partial charge on any atom is -0.384 e. The fourth-order valence-corrected chi connectivity index (χ4v) is 3.76. The smallest absolute Gasteiger partial charge is 0.269 e. The summed E-state index contributed by atoms with van der Waals surface area (Å²) >= 11 is 7.87. The Morgan fingerprint density at radius 1 is 1.39 bits per heavy atom. The van der Waals surface area contributed by atoms with E-state index in [0.717, 1.165) is 16.5 Å². The van der Waals surface area contributed by atoms with Crippen molar-refractivity contribution in [2.45, 2.75) is 12.5 Å². The molecule has 0 bridgehead atoms. The van der Waals surface area contributed by atoms with Crippen LogP contribution in [0.5, 0.6) is 0 Å². The average molecular weight is 349 g/mol. The van der Waals surface area contributed by atoms with E-state index in [-0.39, 0.29) is 12.5 Å². The summed E-state index contributed by atoms with van der Waals surface area (Å²) < 4.78 is 1.77. The van der Waals surface area contributed by atoms with Gasteiger partial charge in [-0.05, 0) is 35.4 Å². The third kappa shape index (κ3) is 2.87. The molecule has 3 rings (SSSR count). The van der Waals surface area contributed by atoms with Crippen LogP contribution in [-0.2, 0) is 12.6 Å². The molecule has 0 aliphatic carbocycles. The van der Waals surface area contributed by atoms with Crippen molar-refractivity contribution in [2.75, 3.05) is 6.54 Å². The maximum Gasteiger partial charge on any atom is 0.269 e. The van der Waals surface area contributed by atoms with Gasteiger partial charge in [-0.1, -0.05) is 29.8 Å². The number of carbonyl (C=O) groups is 1. The van der Waals surface area contributed by atoms with Crippen molar-refractivity contribution >= 4 is 39.7 Å². The van der Waals surface area contributed by atoms with Gasteiger partial charge in [-0.25, -0.2) is 0 Å². The Bertz CT molecular complexity index is 814. The zero-order valence-corrected chi connectivity index (χ0v) is 14.4. The molecule has 1 unspecified atom stereocenters. The van der Waals surface area contributed by atoms with Crippen LogP contribution in [0.15, 0.2) is 41.1 Å². The maximum atomic E-state index is 12.5. The molecule has 0 saturated heterocycles. The Kier molecular flexibility index (Phi) is 4.19. The van der Waals surface area contributed by atoms with Crippen molar-refractivity contribution in [1.82, 2.24) is 9.88 Å². The molecule has 1 amide bonds. The number of rotatable bonds is 4. The first kappa shape index (κ1) is 16.1. The van der Waals surface area contributed by atoms with Crippen LogP contribution in [0, 0.1) is 0 Å². The second-order valence-corrected chi connectivity index (χ2v) is 6.87. The molecule has 23 heavy (non-hydrogen) atoms. The van der Waals surface area contributed by atoms with E-state index in [1.54, 1.807) is 18.5 Å². The minimum atomic E-state index is -1.12. The van der Waals surface area contributed by atoms with Crippen molar-refractivity contribution in [3.8, 4) is 0 Å². The standard InChI is InChI=1S/C17H17ClN2O2S/c1-17(22,11-7-8-23-9-11)10-19-16(21)15-14(18)12-5-3-4-6-13(12)20(15)2/h3-9,22H,10H2,1-2H3,(H,19,21). The van der Waals surface area contributed by atoms with Crippen molar-refractivity contribution in [3.63, 3.8) is 0 Å². The lowest BCUT2D eigenvalue weighted by molar-refractivity contribution is 0.0528. The van der Waals surface area contributed by atoms with E-state index in [2.05, 4.69) is 5.32 Å². The Hall–Kier alpha value is -1.82. The highest BCUT2D eigenvalue weighted by molar-refractivity contribution is 7.08. The summed E-state index contributed by atoms with van der Waals surface area (Å²) in [6.45, 7) is 1.79. The Morgan fingerprint density at radius 3 is 2.78 bits per heavy atom. The molecule has 3 aromatic rings. The van der Waals surface area contributed by atoms with E-state index in [1.165, 1.54) is 11.3 Å². The molecule has 0 radical (unpaired) electrons. The molecule has 1 atom stereocenters. The van der Waals surface area contributed by atoms with Gasteiger partial charge in [0, 0.05) is 18.0 Å². The van der Waals surface area contributed by atoms with Crippen LogP contribution >= 0.6 is 22.9 Å². The Labute approximate surface area is 143 Å². The predicted octanol–water partition coefficient (Wildman–Crippen LogP) is 3.53. The van der Waals surface area contributed by atoms with Crippen molar-refractivity contribution in [2.24, 2.45) is 7.05 Å². The van der Waals surface area contributed by atoms with Gasteiger partial charge in [-0.2, -0.15) is 11.3 Å². The zero-order chi connectivity index (χ0) is 16.6. The lowest BCUT2D eigenvalue weighted by Crippen LogP contribution is -2.39. The van der Waals surface area contributed by atoms with Crippen LogP contribution in [0.4, 0.5) is 0 Å². The number of fused-ring (bicyclic) bond motifs is 1. The van der Waals surface area contributed by atoms with Crippen molar-refractivity contribution < 1.29 is 9.90 Å². The third-order valence-corrected chi connectivity index (χ3v) is 5.06. The molecular formula is C17H17ClN2O2S. The zero-order valence-electron chi connectivity index (χ0n) is 12.8. The highest BCUT2D eigenvalue weighted by atomic mass is 35.5. The fourth-order valence-electron chi connectivity index (χ4n) is 2.61. The number of aromatic nitrogens is 1. The molecule has 0 fully saturated rings. The lowest BCUT2D eigenvalue weighted by Gasteiger charge is -2.23. The molecule has 6 heteroatoms. The largest absolute Gasteiger partial charge is 0.384 e. The summed E-state index contributed by atoms with van der Waals surface area (Å²) in [6, 6.07) is 9.44. The Morgan fingerprint density at radius 2 is 2.13 bits per heavy atom. The van der Waals surface area contributed by atoms with E-state index in [9.17, 15) is 9.90 Å². The molecular weight excluding hydrogens is 332 g/mol. The van der Waals surface area contributed by atoms with Gasteiger partial charge < -0.3 is 15.0 Å². The van der Waals surface area contributed by atoms with Gasteiger partial charge in [0.05, 0.1) is 11.6 Å². The number of nitrogens with zero attached hydrogens (tertiary/aromatic N) is 1. The van der Waals surface area contributed by atoms with Crippen LogP contribution in [0.3, 0.4) is 0 Å². The number of aliphatic hydroxyl groups is 1. The van der Waals surface area contributed by atoms with E-state index in [0.29, 0.717) is 10.7 Å². The van der Waals surface area contributed by atoms with Gasteiger partial charge in [-0.15, -0.1) is 0 Å². The molecule has 0 aliphatic heterocycles. The van der Waals surface area contributed by atoms with E-state index in [1.807, 2.05) is 41.1 Å². The molecule has 4 nitrogen and oxygen atoms in total. The molecule has 0 spiro atoms. The van der Waals surface area contributed by atoms with Gasteiger partial charge in [-0.3, -0.25) is 4.79 Å². The summed E-state index contributed by atoms with van der Waals surface area (Å²) in [5, 5.41) is 18.3. The Balaban J connectivity index is 1.84. The number of thiophene rings is 1. The van der Waals surface area contributed by atoms with Gasteiger partial charge in [0.2, 0.25) is 0 Å². The van der Waals surface area contributed by atoms with Crippen LogP contribution in [0.2, 0.25) is 5.02 Å². The molecule has 2 aromatic heterocycles. The van der Waals surface area contributed by atoms with Crippen LogP contribution < -0.4 is 5.32 Å². The summed E-state index contributed by atoms with van der Waals surface area (Å²) in [4.78, 5) is 12.5. The number of hydrogen-bond acceptors (Lipinski definition) is 3. The van der Waals surface area contributed by atoms with Crippen molar-refractivity contribution in [3.05, 3.63) is 57.4 Å². The molecule has 0 saturated carbocycles. The first-order valence-electron chi connectivity index (χ1n) is 7.18. The second-order valence-electron chi connectivity index (χ2n) is 5.71. The van der Waals surface area contributed by atoms with E-state index < -0.39 is 5.60 Å². The van der Waals surface area contributed by atoms with E-state index in [4.69, 9.17) is 11.6 Å². The number of para-hydroxylation sites is 1. The molecule has 1 aromatic carbocycles. The number of halogens is 1. The second kappa shape index (κ2) is 6.00. The van der Waals surface area contributed by atoms with Gasteiger partial charge in [0.1, 0.15) is 11.3 Å². The fraction of sp³-hybridized carbons (Fsp3) is 0.235. The number of amides is 1. The quantitative estimate of drug-likeness (QED) is 0.757. The van der Waals surface area contributed by atoms with Gasteiger partial charge in [0.15, 0.2) is 0 Å². The van der Waals surface area contributed by atoms with Crippen LogP contribution in [-0.4, -0.2) is 22.1 Å². The normalized spacial score (nSPS) is 13.9. The number of benzene rings is 1. The SMILES string of the molecule is Cn1c(C(=O)NCC(C)(O)c2ccsc2)c(Cl)c2ccccc21. The van der Waals surface area contributed by atoms with Crippen LogP contribution in [0.1, 0.15) is 23.0 Å². The molecule has 2 heterocycles. The first-order valence-corrected chi connectivity index (χ1v) is 8.50. The predicted molar refractivity (Wildman–Crippen MR) is 94.2 cm³/mol. The van der Waals surface area contributed by atoms with Crippen LogP contribution in [0.25, 0.3) is 10.9 Å². The summed E-state index contributed by atoms with van der Waals surface area (Å²) in [7, 11) is 1.81. The van der Waals surface area contributed by atoms with E-state index >= 15 is 0 Å². The average Bonchev–Trinajstić information content (AvgIpc) is 3.15. The first-order chi connectivity index (χ1) is 10.9. The molecule has 2 N–H and O–H groups in total. The van der Waals surface area contributed by atoms with Gasteiger partial charge >= 0.3 is 0 Å². The summed E-state index contributed by atoms with van der Waals surface area (Å²) in [5.41, 5.74) is 0.958. The highest BCUT2D eigenvalue weighted by Gasteiger charge is 2.26. The topological polar surface area (TPSA) is 54.3 Å². The number of nitrogens with one attached hydrogen (secondary N) is 1. The number of hydrogen-bond donors (Lipinski definition) is 2. The summed E-state index contributed by atoms with van der Waals surface area (Å²) in [6.07, 6.45) is 0. The minimum absolute atomic E-state index is 0.112. The molecule has 0 aliphatic rings.